The van der Waals surface area contributed by atoms with Crippen LogP contribution in [0.4, 0.5) is 0 Å². The van der Waals surface area contributed by atoms with Gasteiger partial charge in [0.1, 0.15) is 29.8 Å². The van der Waals surface area contributed by atoms with E-state index in [-0.39, 0.29) is 49.3 Å². The zero-order chi connectivity index (χ0) is 35.9. The van der Waals surface area contributed by atoms with Crippen molar-refractivity contribution in [2.75, 3.05) is 19.7 Å². The van der Waals surface area contributed by atoms with Gasteiger partial charge in [0.15, 0.2) is 0 Å². The van der Waals surface area contributed by atoms with Crippen LogP contribution < -0.4 is 5.32 Å². The Hall–Kier alpha value is -3.02. The zero-order valence-corrected chi connectivity index (χ0v) is 31.4. The van der Waals surface area contributed by atoms with Crippen molar-refractivity contribution in [2.45, 2.75) is 110 Å². The van der Waals surface area contributed by atoms with Crippen molar-refractivity contribution >= 4 is 39.6 Å². The van der Waals surface area contributed by atoms with Gasteiger partial charge in [-0.3, -0.25) is 19.2 Å². The Balaban J connectivity index is 1.66. The number of nitrogens with one attached hydrogen (secondary N) is 1. The van der Waals surface area contributed by atoms with Crippen molar-refractivity contribution in [3.8, 4) is 0 Å². The van der Waals surface area contributed by atoms with Gasteiger partial charge in [-0.1, -0.05) is 93.0 Å². The Morgan fingerprint density at radius 2 is 1.73 bits per heavy atom. The lowest BCUT2D eigenvalue weighted by atomic mass is 9.74. The lowest BCUT2D eigenvalue weighted by Crippen LogP contribution is -2.62. The molecule has 2 N–H and O–H groups in total. The molecule has 1 aromatic rings. The summed E-state index contributed by atoms with van der Waals surface area (Å²) in [6.45, 7) is 14.4. The molecule has 0 aromatic heterocycles. The quantitative estimate of drug-likeness (QED) is 0.296. The number of rotatable bonds is 7. The van der Waals surface area contributed by atoms with Gasteiger partial charge in [-0.25, -0.2) is 0 Å². The van der Waals surface area contributed by atoms with Crippen LogP contribution in [0.5, 0.6) is 0 Å². The highest BCUT2D eigenvalue weighted by Crippen LogP contribution is 2.59. The van der Waals surface area contributed by atoms with Crippen LogP contribution in [0.2, 0.25) is 0 Å². The number of cyclic esters (lactones) is 1. The van der Waals surface area contributed by atoms with Crippen molar-refractivity contribution in [3.05, 3.63) is 58.6 Å². The molecule has 2 fully saturated rings. The number of fused-ring (bicyclic) bond motifs is 2. The number of esters is 1. The maximum atomic E-state index is 15.3. The summed E-state index contributed by atoms with van der Waals surface area (Å²) in [7, 11) is 0. The molecule has 10 nitrogen and oxygen atoms in total. The third kappa shape index (κ3) is 7.40. The SMILES string of the molecule is CC(C)C[C@H](CO)N1C(=O)[C@@H]2[C@H]3C(=O)O[C@@H](c4ccccc4)CNC(=O)CC/C=C\CN(C(C)(C)CC(C)(C)C)C(=O)[C@@H]1[C@]21C=C(Br)[C@H]3O1. The Labute approximate surface area is 298 Å². The second kappa shape index (κ2) is 14.3. The zero-order valence-electron chi connectivity index (χ0n) is 29.8. The molecule has 7 atom stereocenters. The van der Waals surface area contributed by atoms with Gasteiger partial charge in [0, 0.05) is 23.0 Å². The fourth-order valence-electron chi connectivity index (χ4n) is 8.52. The maximum Gasteiger partial charge on any atom is 0.313 e. The fraction of sp³-hybridized carbons (Fsp3) is 0.632. The van der Waals surface area contributed by atoms with E-state index in [9.17, 15) is 19.5 Å². The largest absolute Gasteiger partial charge is 0.455 e. The summed E-state index contributed by atoms with van der Waals surface area (Å²) < 4.78 is 13.5. The molecule has 0 radical (unpaired) electrons. The van der Waals surface area contributed by atoms with Crippen LogP contribution in [0.1, 0.15) is 85.8 Å². The monoisotopic (exact) mass is 741 g/mol. The van der Waals surface area contributed by atoms with Crippen molar-refractivity contribution in [1.29, 1.82) is 0 Å². The van der Waals surface area contributed by atoms with Crippen molar-refractivity contribution < 1.29 is 33.8 Å². The van der Waals surface area contributed by atoms with Crippen molar-refractivity contribution in [2.24, 2.45) is 23.2 Å². The lowest BCUT2D eigenvalue weighted by molar-refractivity contribution is -0.161. The van der Waals surface area contributed by atoms with Crippen LogP contribution in [0.3, 0.4) is 0 Å². The summed E-state index contributed by atoms with van der Waals surface area (Å²) >= 11 is 3.63. The number of benzene rings is 1. The highest BCUT2D eigenvalue weighted by atomic mass is 79.9. The number of carbonyl (C=O) groups excluding carboxylic acids is 4. The summed E-state index contributed by atoms with van der Waals surface area (Å²) in [5.74, 6) is -3.55. The molecule has 11 heteroatoms. The molecule has 0 saturated carbocycles. The minimum atomic E-state index is -1.46. The standard InChI is InChI=1S/C38H52BrN3O7/c1-23(2)18-25(21-43)42-32-34(46)41(37(6,7)22-36(3,4)5)17-13-9-12-16-28(44)40-20-27(24-14-10-8-11-15-24)48-35(47)29-30(33(42)45)38(32)19-26(39)31(29)49-38/h8-11,13-15,19,23,25,27,29-32,43H,12,16-18,20-22H2,1-7H3,(H,40,44)/b13-9-/t25-,27-,29-,30+,31-,32-,38+/m1/s1. The molecule has 5 bridgehead atoms. The van der Waals surface area contributed by atoms with Crippen molar-refractivity contribution in [1.82, 2.24) is 15.1 Å². The third-order valence-electron chi connectivity index (χ3n) is 10.1. The van der Waals surface area contributed by atoms with Gasteiger partial charge in [0.2, 0.25) is 17.7 Å². The van der Waals surface area contributed by atoms with E-state index in [1.165, 1.54) is 4.90 Å². The number of carbonyl (C=O) groups is 4. The summed E-state index contributed by atoms with van der Waals surface area (Å²) in [5.41, 5.74) is -1.56. The number of nitrogens with zero attached hydrogens (tertiary/aromatic N) is 2. The average Bonchev–Trinajstić information content (AvgIpc) is 3.61. The molecule has 3 amide bonds. The van der Waals surface area contributed by atoms with E-state index in [4.69, 9.17) is 9.47 Å². The molecule has 1 aromatic carbocycles. The molecule has 1 spiro atoms. The normalized spacial score (nSPS) is 31.1. The van der Waals surface area contributed by atoms with Gasteiger partial charge in [-0.05, 0) is 56.1 Å². The van der Waals surface area contributed by atoms with E-state index < -0.39 is 59.1 Å². The molecule has 49 heavy (non-hydrogen) atoms. The molecule has 4 aliphatic rings. The predicted octanol–water partition coefficient (Wildman–Crippen LogP) is 5.06. The molecule has 2 saturated heterocycles. The van der Waals surface area contributed by atoms with E-state index in [2.05, 4.69) is 42.0 Å². The van der Waals surface area contributed by atoms with E-state index in [0.29, 0.717) is 29.3 Å². The Morgan fingerprint density at radius 1 is 1.04 bits per heavy atom. The Morgan fingerprint density at radius 3 is 2.37 bits per heavy atom. The van der Waals surface area contributed by atoms with Gasteiger partial charge >= 0.3 is 5.97 Å². The number of aliphatic hydroxyl groups is 1. The van der Waals surface area contributed by atoms with E-state index in [0.717, 1.165) is 0 Å². The van der Waals surface area contributed by atoms with Gasteiger partial charge in [0.05, 0.1) is 25.1 Å². The van der Waals surface area contributed by atoms with Crippen LogP contribution in [0.15, 0.2) is 53.0 Å². The summed E-state index contributed by atoms with van der Waals surface area (Å²) in [5, 5.41) is 13.7. The lowest BCUT2D eigenvalue weighted by Gasteiger charge is -2.46. The Bertz CT molecular complexity index is 1490. The van der Waals surface area contributed by atoms with Crippen LogP contribution in [0.25, 0.3) is 0 Å². The molecule has 0 unspecified atom stereocenters. The molecule has 0 aliphatic carbocycles. The smallest absolute Gasteiger partial charge is 0.313 e. The third-order valence-corrected chi connectivity index (χ3v) is 10.8. The number of likely N-dealkylation sites (tertiary alicyclic amines) is 1. The first-order chi connectivity index (χ1) is 23.0. The van der Waals surface area contributed by atoms with Gasteiger partial charge in [-0.2, -0.15) is 0 Å². The second-order valence-electron chi connectivity index (χ2n) is 16.2. The van der Waals surface area contributed by atoms with E-state index in [1.54, 1.807) is 11.0 Å². The number of amides is 3. The van der Waals surface area contributed by atoms with Gasteiger partial charge in [-0.15, -0.1) is 0 Å². The summed E-state index contributed by atoms with van der Waals surface area (Å²) in [6, 6.07) is 7.37. The molecular formula is C38H52BrN3O7. The molecule has 4 aliphatic heterocycles. The highest BCUT2D eigenvalue weighted by molar-refractivity contribution is 9.11. The summed E-state index contributed by atoms with van der Waals surface area (Å²) in [4.78, 5) is 60.7. The number of hydrogen-bond acceptors (Lipinski definition) is 7. The number of allylic oxidation sites excluding steroid dienone is 1. The molecule has 5 rings (SSSR count). The topological polar surface area (TPSA) is 125 Å². The van der Waals surface area contributed by atoms with Gasteiger partial charge < -0.3 is 29.7 Å². The minimum Gasteiger partial charge on any atom is -0.455 e. The average molecular weight is 743 g/mol. The maximum absolute atomic E-state index is 15.3. The van der Waals surface area contributed by atoms with Crippen molar-refractivity contribution in [3.63, 3.8) is 0 Å². The van der Waals surface area contributed by atoms with Crippen LogP contribution in [-0.2, 0) is 28.7 Å². The fourth-order valence-corrected chi connectivity index (χ4v) is 9.25. The first-order valence-electron chi connectivity index (χ1n) is 17.5. The second-order valence-corrected chi connectivity index (χ2v) is 17.1. The first-order valence-corrected chi connectivity index (χ1v) is 18.3. The van der Waals surface area contributed by atoms with Gasteiger partial charge in [0.25, 0.3) is 0 Å². The number of aliphatic hydroxyl groups excluding tert-OH is 1. The number of hydrogen-bond donors (Lipinski definition) is 2. The van der Waals surface area contributed by atoms with Crippen LogP contribution in [-0.4, -0.2) is 87.6 Å². The van der Waals surface area contributed by atoms with Crippen LogP contribution >= 0.6 is 15.9 Å². The molecule has 4 heterocycles. The van der Waals surface area contributed by atoms with E-state index in [1.807, 2.05) is 70.2 Å². The molecular weight excluding hydrogens is 690 g/mol. The predicted molar refractivity (Wildman–Crippen MR) is 189 cm³/mol. The number of halogens is 1. The number of ether oxygens (including phenoxy) is 2. The molecule has 268 valence electrons. The highest BCUT2D eigenvalue weighted by Gasteiger charge is 2.75. The van der Waals surface area contributed by atoms with Crippen LogP contribution in [0, 0.1) is 23.2 Å². The first kappa shape index (κ1) is 37.2. The minimum absolute atomic E-state index is 0.0558. The van der Waals surface area contributed by atoms with E-state index >= 15 is 4.79 Å². The summed E-state index contributed by atoms with van der Waals surface area (Å²) in [6.07, 6.45) is 5.75. The Kier molecular flexibility index (Phi) is 10.9.